The molecule has 0 aromatic heterocycles. The van der Waals surface area contributed by atoms with Crippen LogP contribution in [0.25, 0.3) is 0 Å². The SMILES string of the molecule is COC(=O)[C@H]1OC(OCC(Cl)(Cl)Cl)=CC[C@@H]1OC(C)=O. The fourth-order valence-corrected chi connectivity index (χ4v) is 1.63. The minimum Gasteiger partial charge on any atom is -0.466 e. The average Bonchev–Trinajstić information content (AvgIpc) is 2.35. The summed E-state index contributed by atoms with van der Waals surface area (Å²) in [6.07, 6.45) is -0.211. The number of carbonyl (C=O) groups is 2. The van der Waals surface area contributed by atoms with Crippen LogP contribution in [0.5, 0.6) is 0 Å². The van der Waals surface area contributed by atoms with Gasteiger partial charge in [-0.05, 0) is 0 Å². The van der Waals surface area contributed by atoms with Crippen LogP contribution in [-0.2, 0) is 28.5 Å². The molecule has 114 valence electrons. The van der Waals surface area contributed by atoms with Crippen LogP contribution in [0.4, 0.5) is 0 Å². The van der Waals surface area contributed by atoms with Gasteiger partial charge in [-0.2, -0.15) is 0 Å². The normalized spacial score (nSPS) is 22.4. The molecule has 1 heterocycles. The van der Waals surface area contributed by atoms with Crippen molar-refractivity contribution in [3.8, 4) is 0 Å². The Morgan fingerprint density at radius 1 is 1.45 bits per heavy atom. The van der Waals surface area contributed by atoms with E-state index in [4.69, 9.17) is 49.0 Å². The van der Waals surface area contributed by atoms with Gasteiger partial charge in [-0.25, -0.2) is 4.79 Å². The van der Waals surface area contributed by atoms with Crippen molar-refractivity contribution in [2.75, 3.05) is 13.7 Å². The second kappa shape index (κ2) is 7.24. The third-order valence-corrected chi connectivity index (χ3v) is 2.55. The lowest BCUT2D eigenvalue weighted by Crippen LogP contribution is -2.42. The Kier molecular flexibility index (Phi) is 6.23. The fraction of sp³-hybridized carbons (Fsp3) is 0.636. The Bertz CT molecular complexity index is 403. The van der Waals surface area contributed by atoms with Crippen LogP contribution in [0.3, 0.4) is 0 Å². The van der Waals surface area contributed by atoms with Gasteiger partial charge in [-0.15, -0.1) is 0 Å². The van der Waals surface area contributed by atoms with Gasteiger partial charge < -0.3 is 18.9 Å². The first-order chi connectivity index (χ1) is 9.23. The molecular weight excluding hydrogens is 334 g/mol. The highest BCUT2D eigenvalue weighted by molar-refractivity contribution is 6.67. The topological polar surface area (TPSA) is 71.1 Å². The van der Waals surface area contributed by atoms with E-state index in [1.54, 1.807) is 0 Å². The van der Waals surface area contributed by atoms with Crippen LogP contribution >= 0.6 is 34.8 Å². The lowest BCUT2D eigenvalue weighted by atomic mass is 10.1. The molecule has 0 aromatic rings. The Hall–Kier alpha value is -0.850. The first-order valence-electron chi connectivity index (χ1n) is 5.54. The van der Waals surface area contributed by atoms with E-state index < -0.39 is 27.9 Å². The minimum absolute atomic E-state index is 0.00938. The highest BCUT2D eigenvalue weighted by Crippen LogP contribution is 2.29. The van der Waals surface area contributed by atoms with E-state index in [1.165, 1.54) is 20.1 Å². The van der Waals surface area contributed by atoms with Crippen molar-refractivity contribution in [1.82, 2.24) is 0 Å². The second-order valence-corrected chi connectivity index (χ2v) is 6.39. The standard InChI is InChI=1S/C11H13Cl3O6/c1-6(15)19-7-3-4-8(18-5-11(12,13)14)20-9(7)10(16)17-2/h4,7,9H,3,5H2,1-2H3/t7-,9-/m0/s1. The number of alkyl halides is 3. The maximum atomic E-state index is 11.6. The van der Waals surface area contributed by atoms with Crippen LogP contribution in [-0.4, -0.2) is 41.7 Å². The first kappa shape index (κ1) is 17.2. The molecule has 20 heavy (non-hydrogen) atoms. The zero-order chi connectivity index (χ0) is 15.3. The summed E-state index contributed by atoms with van der Waals surface area (Å²) in [5.41, 5.74) is 0. The summed E-state index contributed by atoms with van der Waals surface area (Å²) in [6.45, 7) is 0.975. The molecule has 0 aromatic carbocycles. The quantitative estimate of drug-likeness (QED) is 0.573. The molecule has 0 saturated heterocycles. The zero-order valence-corrected chi connectivity index (χ0v) is 13.0. The van der Waals surface area contributed by atoms with Crippen molar-refractivity contribution in [3.05, 3.63) is 12.0 Å². The largest absolute Gasteiger partial charge is 0.466 e. The van der Waals surface area contributed by atoms with Gasteiger partial charge in [-0.1, -0.05) is 34.8 Å². The van der Waals surface area contributed by atoms with Gasteiger partial charge in [0.2, 0.25) is 9.90 Å². The molecule has 0 unspecified atom stereocenters. The molecule has 9 heteroatoms. The predicted molar refractivity (Wildman–Crippen MR) is 71.4 cm³/mol. The summed E-state index contributed by atoms with van der Waals surface area (Å²) in [7, 11) is 1.19. The third-order valence-electron chi connectivity index (χ3n) is 2.23. The number of ether oxygens (including phenoxy) is 4. The molecule has 1 aliphatic rings. The Labute approximate surface area is 130 Å². The third kappa shape index (κ3) is 5.64. The molecular formula is C11H13Cl3O6. The molecule has 0 radical (unpaired) electrons. The van der Waals surface area contributed by atoms with Crippen LogP contribution in [0.1, 0.15) is 13.3 Å². The zero-order valence-electron chi connectivity index (χ0n) is 10.7. The van der Waals surface area contributed by atoms with Gasteiger partial charge in [0.05, 0.1) is 7.11 Å². The van der Waals surface area contributed by atoms with E-state index in [0.29, 0.717) is 0 Å². The van der Waals surface area contributed by atoms with Gasteiger partial charge in [-0.3, -0.25) is 4.79 Å². The summed E-state index contributed by atoms with van der Waals surface area (Å²) >= 11 is 16.6. The monoisotopic (exact) mass is 346 g/mol. The molecule has 1 aliphatic heterocycles. The fourth-order valence-electron chi connectivity index (χ4n) is 1.47. The predicted octanol–water partition coefficient (Wildman–Crippen LogP) is 2.11. The number of rotatable bonds is 4. The van der Waals surface area contributed by atoms with Gasteiger partial charge in [0.15, 0.2) is 6.10 Å². The van der Waals surface area contributed by atoms with Crippen LogP contribution in [0.15, 0.2) is 12.0 Å². The summed E-state index contributed by atoms with van der Waals surface area (Å²) < 4.78 is 18.3. The second-order valence-electron chi connectivity index (χ2n) is 3.87. The number of hydrogen-bond acceptors (Lipinski definition) is 6. The molecule has 0 bridgehead atoms. The van der Waals surface area contributed by atoms with Crippen LogP contribution in [0, 0.1) is 0 Å². The maximum Gasteiger partial charge on any atom is 0.351 e. The summed E-state index contributed by atoms with van der Waals surface area (Å²) in [6, 6.07) is 0. The average molecular weight is 348 g/mol. The smallest absolute Gasteiger partial charge is 0.351 e. The van der Waals surface area contributed by atoms with Gasteiger partial charge in [0, 0.05) is 19.4 Å². The van der Waals surface area contributed by atoms with E-state index >= 15 is 0 Å². The number of halogens is 3. The van der Waals surface area contributed by atoms with E-state index in [2.05, 4.69) is 4.74 Å². The minimum atomic E-state index is -1.61. The summed E-state index contributed by atoms with van der Waals surface area (Å²) in [4.78, 5) is 22.6. The molecule has 0 saturated carbocycles. The Morgan fingerprint density at radius 2 is 2.10 bits per heavy atom. The van der Waals surface area contributed by atoms with Crippen molar-refractivity contribution in [2.45, 2.75) is 29.3 Å². The lowest BCUT2D eigenvalue weighted by Gasteiger charge is -2.29. The van der Waals surface area contributed by atoms with Crippen molar-refractivity contribution >= 4 is 46.7 Å². The highest BCUT2D eigenvalue weighted by Gasteiger charge is 2.38. The molecule has 0 amide bonds. The number of esters is 2. The maximum absolute atomic E-state index is 11.6. The Balaban J connectivity index is 2.72. The van der Waals surface area contributed by atoms with Crippen LogP contribution < -0.4 is 0 Å². The molecule has 6 nitrogen and oxygen atoms in total. The summed E-state index contributed by atoms with van der Waals surface area (Å²) in [5, 5.41) is 0. The van der Waals surface area contributed by atoms with Crippen LogP contribution in [0.2, 0.25) is 0 Å². The highest BCUT2D eigenvalue weighted by atomic mass is 35.6. The molecule has 0 spiro atoms. The van der Waals surface area contributed by atoms with Crippen molar-refractivity contribution in [2.24, 2.45) is 0 Å². The first-order valence-corrected chi connectivity index (χ1v) is 6.67. The van der Waals surface area contributed by atoms with Crippen molar-refractivity contribution in [1.29, 1.82) is 0 Å². The van der Waals surface area contributed by atoms with Gasteiger partial charge in [0.25, 0.3) is 5.95 Å². The number of hydrogen-bond donors (Lipinski definition) is 0. The van der Waals surface area contributed by atoms with Crippen molar-refractivity contribution < 1.29 is 28.5 Å². The molecule has 0 aliphatic carbocycles. The van der Waals surface area contributed by atoms with Gasteiger partial charge in [0.1, 0.15) is 6.61 Å². The molecule has 0 fully saturated rings. The van der Waals surface area contributed by atoms with E-state index in [1.807, 2.05) is 0 Å². The van der Waals surface area contributed by atoms with E-state index in [-0.39, 0.29) is 19.0 Å². The molecule has 0 N–H and O–H groups in total. The Morgan fingerprint density at radius 3 is 2.60 bits per heavy atom. The van der Waals surface area contributed by atoms with Gasteiger partial charge >= 0.3 is 11.9 Å². The molecule has 1 rings (SSSR count). The number of methoxy groups -OCH3 is 1. The van der Waals surface area contributed by atoms with E-state index in [0.717, 1.165) is 0 Å². The summed E-state index contributed by atoms with van der Waals surface area (Å²) in [5.74, 6) is -1.22. The molecule has 2 atom stereocenters. The number of carbonyl (C=O) groups excluding carboxylic acids is 2. The lowest BCUT2D eigenvalue weighted by molar-refractivity contribution is -0.175. The van der Waals surface area contributed by atoms with E-state index in [9.17, 15) is 9.59 Å². The van der Waals surface area contributed by atoms with Crippen molar-refractivity contribution in [3.63, 3.8) is 0 Å².